The third-order valence-corrected chi connectivity index (χ3v) is 3.31. The zero-order valence-electron chi connectivity index (χ0n) is 12.3. The molecule has 0 unspecified atom stereocenters. The molecule has 2 amide bonds. The number of hydrogen-bond donors (Lipinski definition) is 2. The van der Waals surface area contributed by atoms with Crippen molar-refractivity contribution in [1.29, 1.82) is 0 Å². The minimum absolute atomic E-state index is 0.154. The van der Waals surface area contributed by atoms with Crippen molar-refractivity contribution >= 4 is 39.8 Å². The highest BCUT2D eigenvalue weighted by molar-refractivity contribution is 9.10. The first-order valence-corrected chi connectivity index (χ1v) is 7.30. The van der Waals surface area contributed by atoms with Gasteiger partial charge in [-0.2, -0.15) is 0 Å². The molecule has 1 aromatic carbocycles. The highest BCUT2D eigenvalue weighted by Crippen LogP contribution is 2.19. The molecule has 1 aromatic rings. The van der Waals surface area contributed by atoms with Crippen molar-refractivity contribution in [3.8, 4) is 0 Å². The smallest absolute Gasteiger partial charge is 0.331 e. The van der Waals surface area contributed by atoms with Crippen LogP contribution < -0.4 is 10.6 Å². The number of carbonyl (C=O) groups excluding carboxylic acids is 3. The molecule has 22 heavy (non-hydrogen) atoms. The number of likely N-dealkylation sites (N-methyl/N-ethyl adjacent to an activating group) is 1. The monoisotopic (exact) mass is 368 g/mol. The van der Waals surface area contributed by atoms with Gasteiger partial charge in [0.1, 0.15) is 0 Å². The predicted octanol–water partition coefficient (Wildman–Crippen LogP) is 1.18. The third-order valence-electron chi connectivity index (χ3n) is 2.63. The third kappa shape index (κ3) is 6.53. The van der Waals surface area contributed by atoms with Gasteiger partial charge in [-0.3, -0.25) is 9.59 Å². The van der Waals surface area contributed by atoms with E-state index in [-0.39, 0.29) is 12.5 Å². The van der Waals surface area contributed by atoms with Gasteiger partial charge < -0.3 is 15.4 Å². The first-order valence-electron chi connectivity index (χ1n) is 6.50. The summed E-state index contributed by atoms with van der Waals surface area (Å²) in [5, 5.41) is 4.67. The Morgan fingerprint density at radius 2 is 2.00 bits per heavy atom. The number of amides is 2. The van der Waals surface area contributed by atoms with Crippen LogP contribution in [0.1, 0.15) is 11.1 Å². The SMILES string of the molecule is CNC(=O)CNC(=O)COC(=O)/C=C/c1ccc(C)cc1Br. The standard InChI is InChI=1S/C15H17BrN2O4/c1-10-3-4-11(12(16)7-10)5-6-15(21)22-9-14(20)18-8-13(19)17-2/h3-7H,8-9H2,1-2H3,(H,17,19)(H,18,20)/b6-5+. The van der Waals surface area contributed by atoms with Crippen LogP contribution in [-0.4, -0.2) is 38.0 Å². The Kier molecular flexibility index (Phi) is 7.31. The molecule has 0 aliphatic heterocycles. The number of carbonyl (C=O) groups is 3. The maximum atomic E-state index is 11.5. The number of hydrogen-bond acceptors (Lipinski definition) is 4. The van der Waals surface area contributed by atoms with Crippen molar-refractivity contribution < 1.29 is 19.1 Å². The molecule has 0 radical (unpaired) electrons. The second-order valence-electron chi connectivity index (χ2n) is 4.42. The van der Waals surface area contributed by atoms with Gasteiger partial charge in [0.2, 0.25) is 5.91 Å². The van der Waals surface area contributed by atoms with Gasteiger partial charge in [-0.25, -0.2) is 4.79 Å². The van der Waals surface area contributed by atoms with Crippen molar-refractivity contribution in [2.75, 3.05) is 20.2 Å². The van der Waals surface area contributed by atoms with Gasteiger partial charge in [-0.05, 0) is 30.2 Å². The normalized spacial score (nSPS) is 10.3. The zero-order valence-corrected chi connectivity index (χ0v) is 13.9. The number of benzene rings is 1. The summed E-state index contributed by atoms with van der Waals surface area (Å²) in [5.41, 5.74) is 1.92. The number of ether oxygens (including phenoxy) is 1. The van der Waals surface area contributed by atoms with Gasteiger partial charge in [0.25, 0.3) is 5.91 Å². The molecule has 0 atom stereocenters. The summed E-state index contributed by atoms with van der Waals surface area (Å²) in [6.07, 6.45) is 2.83. The lowest BCUT2D eigenvalue weighted by Gasteiger charge is -2.04. The van der Waals surface area contributed by atoms with Crippen LogP contribution in [0.15, 0.2) is 28.7 Å². The van der Waals surface area contributed by atoms with Gasteiger partial charge in [-0.15, -0.1) is 0 Å². The van der Waals surface area contributed by atoms with E-state index in [0.717, 1.165) is 15.6 Å². The summed E-state index contributed by atoms with van der Waals surface area (Å²) in [6.45, 7) is 1.37. The summed E-state index contributed by atoms with van der Waals surface area (Å²) < 4.78 is 5.63. The molecule has 7 heteroatoms. The van der Waals surface area contributed by atoms with Crippen molar-refractivity contribution in [1.82, 2.24) is 10.6 Å². The van der Waals surface area contributed by atoms with Gasteiger partial charge in [0, 0.05) is 17.6 Å². The molecule has 0 fully saturated rings. The molecule has 1 rings (SSSR count). The van der Waals surface area contributed by atoms with E-state index < -0.39 is 18.5 Å². The lowest BCUT2D eigenvalue weighted by atomic mass is 10.1. The lowest BCUT2D eigenvalue weighted by Crippen LogP contribution is -2.37. The first-order chi connectivity index (χ1) is 10.4. The van der Waals surface area contributed by atoms with Crippen molar-refractivity contribution in [3.05, 3.63) is 39.9 Å². The molecule has 118 valence electrons. The molecule has 0 heterocycles. The summed E-state index contributed by atoms with van der Waals surface area (Å²) in [5.74, 6) is -1.51. The predicted molar refractivity (Wildman–Crippen MR) is 85.9 cm³/mol. The summed E-state index contributed by atoms with van der Waals surface area (Å²) in [6, 6.07) is 5.71. The molecule has 2 N–H and O–H groups in total. The maximum Gasteiger partial charge on any atom is 0.331 e. The Balaban J connectivity index is 2.41. The van der Waals surface area contributed by atoms with Crippen LogP contribution in [0.25, 0.3) is 6.08 Å². The number of rotatable bonds is 6. The average molecular weight is 369 g/mol. The minimum Gasteiger partial charge on any atom is -0.452 e. The Bertz CT molecular complexity index is 599. The van der Waals surface area contributed by atoms with Crippen molar-refractivity contribution in [2.45, 2.75) is 6.92 Å². The molecule has 0 spiro atoms. The molecule has 0 aromatic heterocycles. The Labute approximate surface area is 137 Å². The van der Waals surface area contributed by atoms with Gasteiger partial charge in [0.05, 0.1) is 6.54 Å². The summed E-state index contributed by atoms with van der Waals surface area (Å²) in [4.78, 5) is 33.8. The van der Waals surface area contributed by atoms with Crippen LogP contribution in [0, 0.1) is 6.92 Å². The van der Waals surface area contributed by atoms with E-state index >= 15 is 0 Å². The highest BCUT2D eigenvalue weighted by atomic mass is 79.9. The Hall–Kier alpha value is -2.15. The maximum absolute atomic E-state index is 11.5. The van der Waals surface area contributed by atoms with E-state index in [1.165, 1.54) is 13.1 Å². The topological polar surface area (TPSA) is 84.5 Å². The second kappa shape index (κ2) is 8.99. The van der Waals surface area contributed by atoms with Crippen LogP contribution in [0.2, 0.25) is 0 Å². The minimum atomic E-state index is -0.637. The molecule has 0 bridgehead atoms. The Morgan fingerprint density at radius 1 is 1.27 bits per heavy atom. The fourth-order valence-corrected chi connectivity index (χ4v) is 2.05. The molecule has 0 saturated carbocycles. The molecule has 6 nitrogen and oxygen atoms in total. The second-order valence-corrected chi connectivity index (χ2v) is 5.27. The largest absolute Gasteiger partial charge is 0.452 e. The van der Waals surface area contributed by atoms with Gasteiger partial charge in [-0.1, -0.05) is 28.1 Å². The highest BCUT2D eigenvalue weighted by Gasteiger charge is 2.06. The molecule has 0 aliphatic carbocycles. The fourth-order valence-electron chi connectivity index (χ4n) is 1.43. The van der Waals surface area contributed by atoms with Crippen LogP contribution >= 0.6 is 15.9 Å². The number of aryl methyl sites for hydroxylation is 1. The van der Waals surface area contributed by atoms with Gasteiger partial charge >= 0.3 is 5.97 Å². The lowest BCUT2D eigenvalue weighted by molar-refractivity contribution is -0.143. The summed E-state index contributed by atoms with van der Waals surface area (Å²) >= 11 is 3.39. The number of nitrogens with one attached hydrogen (secondary N) is 2. The van der Waals surface area contributed by atoms with E-state index in [1.807, 2.05) is 25.1 Å². The summed E-state index contributed by atoms with van der Waals surface area (Å²) in [7, 11) is 1.46. The van der Waals surface area contributed by atoms with E-state index in [9.17, 15) is 14.4 Å². The fraction of sp³-hybridized carbons (Fsp3) is 0.267. The zero-order chi connectivity index (χ0) is 16.5. The molecule has 0 saturated heterocycles. The van der Waals surface area contributed by atoms with Crippen molar-refractivity contribution in [2.24, 2.45) is 0 Å². The van der Waals surface area contributed by atoms with E-state index in [1.54, 1.807) is 6.08 Å². The molecule has 0 aliphatic rings. The molecular weight excluding hydrogens is 352 g/mol. The van der Waals surface area contributed by atoms with E-state index in [4.69, 9.17) is 4.74 Å². The molecular formula is C15H17BrN2O4. The average Bonchev–Trinajstić information content (AvgIpc) is 2.49. The van der Waals surface area contributed by atoms with E-state index in [2.05, 4.69) is 26.6 Å². The van der Waals surface area contributed by atoms with Crippen LogP contribution in [0.3, 0.4) is 0 Å². The van der Waals surface area contributed by atoms with Crippen LogP contribution in [0.5, 0.6) is 0 Å². The van der Waals surface area contributed by atoms with Crippen molar-refractivity contribution in [3.63, 3.8) is 0 Å². The van der Waals surface area contributed by atoms with E-state index in [0.29, 0.717) is 0 Å². The number of halogens is 1. The first kappa shape index (κ1) is 17.9. The quantitative estimate of drug-likeness (QED) is 0.583. The van der Waals surface area contributed by atoms with Gasteiger partial charge in [0.15, 0.2) is 6.61 Å². The Morgan fingerprint density at radius 3 is 2.64 bits per heavy atom. The van der Waals surface area contributed by atoms with Crippen LogP contribution in [-0.2, 0) is 19.1 Å². The number of esters is 1. The van der Waals surface area contributed by atoms with Crippen LogP contribution in [0.4, 0.5) is 0 Å².